The number of hydrogen-bond acceptors (Lipinski definition) is 4. The minimum absolute atomic E-state index is 0.0107. The molecule has 0 bridgehead atoms. The number of hydrogen-bond donors (Lipinski definition) is 0. The average molecular weight is 523 g/mol. The number of anilines is 2. The highest BCUT2D eigenvalue weighted by Gasteiger charge is 2.62. The molecule has 1 aliphatic carbocycles. The fraction of sp³-hybridized carbons (Fsp3) is 0.167. The van der Waals surface area contributed by atoms with E-state index in [0.29, 0.717) is 41.3 Å². The zero-order chi connectivity index (χ0) is 26.6. The third-order valence-electron chi connectivity index (χ3n) is 7.38. The van der Waals surface area contributed by atoms with Gasteiger partial charge in [0, 0.05) is 47.0 Å². The number of Topliss-reactive ketones (excluding diaryl/α,β-unsaturated/α-hetero) is 1. The van der Waals surface area contributed by atoms with Crippen LogP contribution in [0.5, 0.6) is 0 Å². The van der Waals surface area contributed by atoms with Crippen LogP contribution in [0.4, 0.5) is 15.8 Å². The van der Waals surface area contributed by atoms with Crippen LogP contribution in [0.3, 0.4) is 0 Å². The second-order valence-corrected chi connectivity index (χ2v) is 9.70. The molecule has 38 heavy (non-hydrogen) atoms. The Hall–Kier alpha value is -4.59. The summed E-state index contributed by atoms with van der Waals surface area (Å²) in [5.41, 5.74) is 0.837. The largest absolute Gasteiger partial charge is 0.309 e. The minimum atomic E-state index is -1.67. The third kappa shape index (κ3) is 3.06. The third-order valence-corrected chi connectivity index (χ3v) is 7.67. The van der Waals surface area contributed by atoms with Gasteiger partial charge in [0.1, 0.15) is 23.1 Å². The summed E-state index contributed by atoms with van der Waals surface area (Å²) in [5, 5.41) is 10.7. The number of carbonyl (C=O) groups excluding carboxylic acids is 2. The van der Waals surface area contributed by atoms with E-state index in [0.717, 1.165) is 0 Å². The number of aromatic nitrogens is 1. The number of para-hydroxylation sites is 1. The van der Waals surface area contributed by atoms with Gasteiger partial charge in [-0.2, -0.15) is 5.26 Å². The first-order chi connectivity index (χ1) is 18.4. The molecule has 2 aromatic carbocycles. The van der Waals surface area contributed by atoms with Crippen LogP contribution in [0.15, 0.2) is 83.8 Å². The van der Waals surface area contributed by atoms with Gasteiger partial charge in [0.2, 0.25) is 5.91 Å². The Morgan fingerprint density at radius 2 is 1.84 bits per heavy atom. The van der Waals surface area contributed by atoms with Crippen LogP contribution >= 0.6 is 11.6 Å². The van der Waals surface area contributed by atoms with Crippen molar-refractivity contribution in [3.63, 3.8) is 0 Å². The van der Waals surface area contributed by atoms with Gasteiger partial charge in [0.15, 0.2) is 5.78 Å². The van der Waals surface area contributed by atoms with Crippen LogP contribution in [0.1, 0.15) is 24.8 Å². The summed E-state index contributed by atoms with van der Waals surface area (Å²) in [6.45, 7) is -0.0107. The number of benzene rings is 2. The Bertz CT molecular complexity index is 1670. The number of rotatable bonds is 3. The molecule has 6 nitrogen and oxygen atoms in total. The molecule has 1 aromatic heterocycles. The molecule has 1 amide bonds. The lowest BCUT2D eigenvalue weighted by Gasteiger charge is -2.45. The molecule has 186 valence electrons. The monoisotopic (exact) mass is 522 g/mol. The van der Waals surface area contributed by atoms with Gasteiger partial charge in [0.25, 0.3) is 0 Å². The fourth-order valence-electron chi connectivity index (χ4n) is 5.95. The van der Waals surface area contributed by atoms with Crippen LogP contribution in [0, 0.1) is 29.5 Å². The summed E-state index contributed by atoms with van der Waals surface area (Å²) in [7, 11) is 0. The second kappa shape index (κ2) is 8.76. The SMILES string of the molecule is C#CCN1C(=O)C2(C(C#N)=C(n3cccc3)N(c3ccc(F)c(Cl)c3)C3=C2C(=O)CCC3)c2ccccc21. The van der Waals surface area contributed by atoms with Crippen LogP contribution in [-0.2, 0) is 15.0 Å². The number of nitriles is 1. The maximum absolute atomic E-state index is 14.5. The van der Waals surface area contributed by atoms with E-state index in [4.69, 9.17) is 18.0 Å². The van der Waals surface area contributed by atoms with Gasteiger partial charge in [0.05, 0.1) is 17.1 Å². The van der Waals surface area contributed by atoms with Gasteiger partial charge < -0.3 is 4.57 Å². The molecule has 3 aliphatic rings. The highest BCUT2D eigenvalue weighted by molar-refractivity contribution is 6.31. The lowest BCUT2D eigenvalue weighted by Crippen LogP contribution is -2.51. The molecule has 0 N–H and O–H groups in total. The van der Waals surface area contributed by atoms with Gasteiger partial charge >= 0.3 is 0 Å². The molecule has 0 saturated heterocycles. The average Bonchev–Trinajstić information content (AvgIpc) is 3.53. The topological polar surface area (TPSA) is 69.3 Å². The molecule has 3 heterocycles. The van der Waals surface area contributed by atoms with Crippen molar-refractivity contribution in [1.82, 2.24) is 4.57 Å². The van der Waals surface area contributed by atoms with Crippen molar-refractivity contribution >= 4 is 40.5 Å². The van der Waals surface area contributed by atoms with Crippen LogP contribution in [0.2, 0.25) is 5.02 Å². The first-order valence-electron chi connectivity index (χ1n) is 12.1. The molecule has 2 aliphatic heterocycles. The van der Waals surface area contributed by atoms with E-state index >= 15 is 0 Å². The van der Waals surface area contributed by atoms with E-state index in [9.17, 15) is 19.2 Å². The van der Waals surface area contributed by atoms with E-state index in [-0.39, 0.29) is 34.9 Å². The number of nitrogens with zero attached hydrogens (tertiary/aromatic N) is 4. The number of fused-ring (bicyclic) bond motifs is 3. The minimum Gasteiger partial charge on any atom is -0.309 e. The van der Waals surface area contributed by atoms with Crippen molar-refractivity contribution in [3.05, 3.63) is 100 Å². The summed E-state index contributed by atoms with van der Waals surface area (Å²) in [4.78, 5) is 31.6. The van der Waals surface area contributed by atoms with Crippen LogP contribution < -0.4 is 9.80 Å². The van der Waals surface area contributed by atoms with Crippen molar-refractivity contribution in [2.45, 2.75) is 24.7 Å². The Morgan fingerprint density at radius 1 is 1.08 bits per heavy atom. The van der Waals surface area contributed by atoms with Crippen LogP contribution in [-0.4, -0.2) is 22.8 Å². The molecule has 0 fully saturated rings. The smallest absolute Gasteiger partial charge is 0.248 e. The van der Waals surface area contributed by atoms with Gasteiger partial charge in [-0.3, -0.25) is 19.4 Å². The molecule has 1 atom stereocenters. The first-order valence-corrected chi connectivity index (χ1v) is 12.5. The molecule has 0 saturated carbocycles. The van der Waals surface area contributed by atoms with Crippen molar-refractivity contribution in [2.75, 3.05) is 16.3 Å². The summed E-state index contributed by atoms with van der Waals surface area (Å²) in [6.07, 6.45) is 10.4. The Morgan fingerprint density at radius 3 is 2.55 bits per heavy atom. The molecule has 8 heteroatoms. The van der Waals surface area contributed by atoms with Gasteiger partial charge in [-0.15, -0.1) is 6.42 Å². The molecular weight excluding hydrogens is 503 g/mol. The Labute approximate surface area is 223 Å². The number of halogens is 2. The summed E-state index contributed by atoms with van der Waals surface area (Å²) in [5.74, 6) is 1.68. The number of carbonyl (C=O) groups is 2. The molecule has 1 spiro atoms. The Kier molecular flexibility index (Phi) is 5.48. The van der Waals surface area contributed by atoms with E-state index < -0.39 is 17.1 Å². The van der Waals surface area contributed by atoms with Crippen molar-refractivity contribution in [2.24, 2.45) is 0 Å². The number of allylic oxidation sites excluding steroid dienone is 1. The predicted octanol–water partition coefficient (Wildman–Crippen LogP) is 5.42. The van der Waals surface area contributed by atoms with Crippen molar-refractivity contribution < 1.29 is 14.0 Å². The number of terminal acetylenes is 1. The molecule has 6 rings (SSSR count). The second-order valence-electron chi connectivity index (χ2n) is 9.30. The first kappa shape index (κ1) is 23.8. The molecule has 1 unspecified atom stereocenters. The quantitative estimate of drug-likeness (QED) is 0.431. The van der Waals surface area contributed by atoms with Crippen molar-refractivity contribution in [3.8, 4) is 18.4 Å². The van der Waals surface area contributed by atoms with Gasteiger partial charge in [-0.25, -0.2) is 4.39 Å². The molecule has 3 aromatic rings. The van der Waals surface area contributed by atoms with E-state index in [1.54, 1.807) is 64.3 Å². The van der Waals surface area contributed by atoms with Crippen LogP contribution in [0.25, 0.3) is 5.82 Å². The van der Waals surface area contributed by atoms with Gasteiger partial charge in [-0.1, -0.05) is 35.7 Å². The zero-order valence-corrected chi connectivity index (χ0v) is 20.9. The van der Waals surface area contributed by atoms with Gasteiger partial charge in [-0.05, 0) is 49.2 Å². The zero-order valence-electron chi connectivity index (χ0n) is 20.1. The van der Waals surface area contributed by atoms with E-state index in [1.807, 2.05) is 0 Å². The maximum atomic E-state index is 14.5. The maximum Gasteiger partial charge on any atom is 0.248 e. The van der Waals surface area contributed by atoms with Crippen molar-refractivity contribution in [1.29, 1.82) is 5.26 Å². The van der Waals surface area contributed by atoms with E-state index in [1.165, 1.54) is 17.0 Å². The summed E-state index contributed by atoms with van der Waals surface area (Å²) in [6, 6.07) is 17.3. The molecule has 0 radical (unpaired) electrons. The standard InChI is InChI=1S/C30H20ClFN4O2/c1-2-14-35-24-9-4-3-8-20(24)30(29(35)38)21(18-33)28(34-15-5-6-16-34)36(19-12-13-23(32)22(31)17-19)25-10-7-11-26(37)27(25)30/h1,3-6,8-9,12-13,15-17H,7,10-11,14H2. The number of ketones is 1. The molecular formula is C30H20ClFN4O2. The summed E-state index contributed by atoms with van der Waals surface area (Å²) >= 11 is 6.19. The fourth-order valence-corrected chi connectivity index (χ4v) is 6.12. The van der Waals surface area contributed by atoms with E-state index in [2.05, 4.69) is 12.0 Å². The summed E-state index contributed by atoms with van der Waals surface area (Å²) < 4.78 is 15.9. The lowest BCUT2D eigenvalue weighted by molar-refractivity contribution is -0.124. The highest BCUT2D eigenvalue weighted by Crippen LogP contribution is 2.58. The Balaban J connectivity index is 1.78. The lowest BCUT2D eigenvalue weighted by atomic mass is 9.63. The normalized spacial score (nSPS) is 20.5. The number of amides is 1. The predicted molar refractivity (Wildman–Crippen MR) is 142 cm³/mol. The highest BCUT2D eigenvalue weighted by atomic mass is 35.5.